The molecule has 1 aromatic heterocycles. The van der Waals surface area contributed by atoms with E-state index < -0.39 is 0 Å². The van der Waals surface area contributed by atoms with Crippen molar-refractivity contribution in [1.82, 2.24) is 10.6 Å². The molecule has 0 saturated heterocycles. The Morgan fingerprint density at radius 1 is 1.47 bits per heavy atom. The highest BCUT2D eigenvalue weighted by molar-refractivity contribution is 5.80. The Balaban J connectivity index is 1.69. The van der Waals surface area contributed by atoms with Gasteiger partial charge in [0.15, 0.2) is 5.96 Å². The summed E-state index contributed by atoms with van der Waals surface area (Å²) < 4.78 is 5.27. The molecule has 0 bridgehead atoms. The van der Waals surface area contributed by atoms with Crippen molar-refractivity contribution >= 4 is 5.96 Å². The maximum absolute atomic E-state index is 5.27. The predicted octanol–water partition coefficient (Wildman–Crippen LogP) is 1.71. The van der Waals surface area contributed by atoms with Crippen LogP contribution < -0.4 is 10.6 Å². The van der Waals surface area contributed by atoms with Gasteiger partial charge in [-0.1, -0.05) is 12.2 Å². The molecule has 0 aromatic carbocycles. The molecule has 1 aliphatic rings. The predicted molar refractivity (Wildman–Crippen MR) is 69.1 cm³/mol. The van der Waals surface area contributed by atoms with Crippen molar-refractivity contribution in [3.05, 3.63) is 36.3 Å². The van der Waals surface area contributed by atoms with Gasteiger partial charge in [-0.3, -0.25) is 4.99 Å². The molecule has 0 atom stereocenters. The van der Waals surface area contributed by atoms with Gasteiger partial charge in [-0.25, -0.2) is 0 Å². The highest BCUT2D eigenvalue weighted by Gasteiger charge is 2.11. The van der Waals surface area contributed by atoms with Crippen molar-refractivity contribution in [3.63, 3.8) is 0 Å². The molecule has 0 spiro atoms. The molecule has 1 aromatic rings. The standard InChI is InChI=1S/C13H19N3O/c1-14-13(16-11-5-2-3-6-11)15-9-8-12-7-4-10-17-12/h2-4,7,10-11H,5-6,8-9H2,1H3,(H2,14,15,16). The van der Waals surface area contributed by atoms with Crippen LogP contribution in [0.5, 0.6) is 0 Å². The van der Waals surface area contributed by atoms with Crippen LogP contribution in [0.1, 0.15) is 18.6 Å². The Labute approximate surface area is 102 Å². The Morgan fingerprint density at radius 2 is 2.29 bits per heavy atom. The number of guanidine groups is 1. The molecule has 4 nitrogen and oxygen atoms in total. The summed E-state index contributed by atoms with van der Waals surface area (Å²) in [5.41, 5.74) is 0. The van der Waals surface area contributed by atoms with Crippen LogP contribution in [0.25, 0.3) is 0 Å². The van der Waals surface area contributed by atoms with Crippen LogP contribution in [0.3, 0.4) is 0 Å². The van der Waals surface area contributed by atoms with E-state index >= 15 is 0 Å². The molecule has 92 valence electrons. The summed E-state index contributed by atoms with van der Waals surface area (Å²) in [6.07, 6.45) is 9.14. The molecule has 2 N–H and O–H groups in total. The summed E-state index contributed by atoms with van der Waals surface area (Å²) in [7, 11) is 1.80. The molecular weight excluding hydrogens is 214 g/mol. The second kappa shape index (κ2) is 6.13. The number of rotatable bonds is 4. The second-order valence-electron chi connectivity index (χ2n) is 4.11. The highest BCUT2D eigenvalue weighted by atomic mass is 16.3. The van der Waals surface area contributed by atoms with E-state index in [4.69, 9.17) is 4.42 Å². The molecule has 1 heterocycles. The van der Waals surface area contributed by atoms with Crippen LogP contribution in [-0.4, -0.2) is 25.6 Å². The Kier molecular flexibility index (Phi) is 4.24. The third kappa shape index (κ3) is 3.66. The van der Waals surface area contributed by atoms with Gasteiger partial charge in [-0.2, -0.15) is 0 Å². The molecule has 0 amide bonds. The van der Waals surface area contributed by atoms with Crippen molar-refractivity contribution in [2.24, 2.45) is 4.99 Å². The second-order valence-corrected chi connectivity index (χ2v) is 4.11. The van der Waals surface area contributed by atoms with Crippen LogP contribution in [-0.2, 0) is 6.42 Å². The van der Waals surface area contributed by atoms with Crippen LogP contribution in [0.4, 0.5) is 0 Å². The van der Waals surface area contributed by atoms with Gasteiger partial charge < -0.3 is 15.1 Å². The maximum Gasteiger partial charge on any atom is 0.191 e. The SMILES string of the molecule is CN=C(NCCc1ccco1)NC1CC=CC1. The number of furan rings is 1. The normalized spacial score (nSPS) is 16.4. The van der Waals surface area contributed by atoms with E-state index in [-0.39, 0.29) is 0 Å². The fourth-order valence-corrected chi connectivity index (χ4v) is 1.88. The largest absolute Gasteiger partial charge is 0.469 e. The summed E-state index contributed by atoms with van der Waals surface area (Å²) >= 11 is 0. The van der Waals surface area contributed by atoms with E-state index in [1.807, 2.05) is 12.1 Å². The van der Waals surface area contributed by atoms with Gasteiger partial charge >= 0.3 is 0 Å². The Morgan fingerprint density at radius 3 is 2.94 bits per heavy atom. The van der Waals surface area contributed by atoms with Gasteiger partial charge in [-0.15, -0.1) is 0 Å². The van der Waals surface area contributed by atoms with Crippen LogP contribution in [0.15, 0.2) is 40.0 Å². The van der Waals surface area contributed by atoms with E-state index in [1.54, 1.807) is 13.3 Å². The van der Waals surface area contributed by atoms with Gasteiger partial charge in [0.25, 0.3) is 0 Å². The lowest BCUT2D eigenvalue weighted by Gasteiger charge is -2.16. The number of nitrogens with one attached hydrogen (secondary N) is 2. The number of hydrogen-bond acceptors (Lipinski definition) is 2. The highest BCUT2D eigenvalue weighted by Crippen LogP contribution is 2.08. The smallest absolute Gasteiger partial charge is 0.191 e. The fraction of sp³-hybridized carbons (Fsp3) is 0.462. The molecule has 0 fully saturated rings. The van der Waals surface area contributed by atoms with Crippen molar-refractivity contribution in [1.29, 1.82) is 0 Å². The van der Waals surface area contributed by atoms with Crippen LogP contribution >= 0.6 is 0 Å². The van der Waals surface area contributed by atoms with Crippen molar-refractivity contribution in [2.75, 3.05) is 13.6 Å². The number of nitrogens with zero attached hydrogens (tertiary/aromatic N) is 1. The van der Waals surface area contributed by atoms with E-state index in [0.29, 0.717) is 6.04 Å². The minimum Gasteiger partial charge on any atom is -0.469 e. The summed E-state index contributed by atoms with van der Waals surface area (Å²) in [6, 6.07) is 4.38. The molecule has 0 saturated carbocycles. The lowest BCUT2D eigenvalue weighted by atomic mass is 10.2. The Bertz CT molecular complexity index is 373. The average Bonchev–Trinajstić information content (AvgIpc) is 3.00. The van der Waals surface area contributed by atoms with E-state index in [1.165, 1.54) is 0 Å². The summed E-state index contributed by atoms with van der Waals surface area (Å²) in [6.45, 7) is 0.827. The minimum absolute atomic E-state index is 0.491. The first-order valence-electron chi connectivity index (χ1n) is 6.03. The zero-order valence-corrected chi connectivity index (χ0v) is 10.1. The molecule has 4 heteroatoms. The zero-order chi connectivity index (χ0) is 11.9. The lowest BCUT2D eigenvalue weighted by molar-refractivity contribution is 0.506. The number of hydrogen-bond donors (Lipinski definition) is 2. The Hall–Kier alpha value is -1.71. The van der Waals surface area contributed by atoms with Crippen molar-refractivity contribution < 1.29 is 4.42 Å². The lowest BCUT2D eigenvalue weighted by Crippen LogP contribution is -2.43. The fourth-order valence-electron chi connectivity index (χ4n) is 1.88. The molecule has 0 radical (unpaired) electrons. The first-order valence-corrected chi connectivity index (χ1v) is 6.03. The summed E-state index contributed by atoms with van der Waals surface area (Å²) in [5.74, 6) is 1.86. The van der Waals surface area contributed by atoms with Gasteiger partial charge in [0.05, 0.1) is 6.26 Å². The third-order valence-corrected chi connectivity index (χ3v) is 2.82. The minimum atomic E-state index is 0.491. The van der Waals surface area contributed by atoms with E-state index in [0.717, 1.165) is 37.5 Å². The van der Waals surface area contributed by atoms with Crippen molar-refractivity contribution in [3.8, 4) is 0 Å². The van der Waals surface area contributed by atoms with Gasteiger partial charge in [0.2, 0.25) is 0 Å². The number of aliphatic imine (C=N–C) groups is 1. The monoisotopic (exact) mass is 233 g/mol. The summed E-state index contributed by atoms with van der Waals surface area (Å²) in [4.78, 5) is 4.21. The zero-order valence-electron chi connectivity index (χ0n) is 10.1. The molecule has 17 heavy (non-hydrogen) atoms. The first kappa shape index (κ1) is 11.8. The molecule has 2 rings (SSSR count). The van der Waals surface area contributed by atoms with Gasteiger partial charge in [0, 0.05) is 26.1 Å². The first-order chi connectivity index (χ1) is 8.38. The quantitative estimate of drug-likeness (QED) is 0.473. The van der Waals surface area contributed by atoms with Crippen LogP contribution in [0.2, 0.25) is 0 Å². The molecule has 0 unspecified atom stereocenters. The maximum atomic E-state index is 5.27. The van der Waals surface area contributed by atoms with Gasteiger partial charge in [0.1, 0.15) is 5.76 Å². The average molecular weight is 233 g/mol. The topological polar surface area (TPSA) is 49.6 Å². The third-order valence-electron chi connectivity index (χ3n) is 2.82. The molecule has 0 aliphatic heterocycles. The molecule has 1 aliphatic carbocycles. The van der Waals surface area contributed by atoms with Crippen LogP contribution in [0, 0.1) is 0 Å². The van der Waals surface area contributed by atoms with Crippen molar-refractivity contribution in [2.45, 2.75) is 25.3 Å². The van der Waals surface area contributed by atoms with E-state index in [9.17, 15) is 0 Å². The van der Waals surface area contributed by atoms with E-state index in [2.05, 4.69) is 27.8 Å². The molecular formula is C13H19N3O. The van der Waals surface area contributed by atoms with Gasteiger partial charge in [-0.05, 0) is 25.0 Å². The summed E-state index contributed by atoms with van der Waals surface area (Å²) in [5, 5.41) is 6.68.